The summed E-state index contributed by atoms with van der Waals surface area (Å²) < 4.78 is 42.2. The molecule has 32 heavy (non-hydrogen) atoms. The summed E-state index contributed by atoms with van der Waals surface area (Å²) >= 11 is 0. The lowest BCUT2D eigenvalue weighted by Crippen LogP contribution is -2.31. The molecule has 2 rings (SSSR count). The fourth-order valence-corrected chi connectivity index (χ4v) is 4.34. The SMILES string of the molecule is C#CC.C/C=C(C)\C=C(\F)CNc1cc(=O)n(C)cc1NS(=O)(=O)C1(CCO)CC1.CC. The van der Waals surface area contributed by atoms with E-state index in [2.05, 4.69) is 22.4 Å². The molecule has 0 atom stereocenters. The van der Waals surface area contributed by atoms with E-state index in [1.54, 1.807) is 26.8 Å². The number of terminal acetylenes is 1. The van der Waals surface area contributed by atoms with E-state index in [9.17, 15) is 17.6 Å². The van der Waals surface area contributed by atoms with Crippen molar-refractivity contribution in [3.63, 3.8) is 0 Å². The van der Waals surface area contributed by atoms with Gasteiger partial charge >= 0.3 is 0 Å². The number of sulfonamides is 1. The highest BCUT2D eigenvalue weighted by atomic mass is 32.2. The van der Waals surface area contributed by atoms with Crippen molar-refractivity contribution in [3.05, 3.63) is 46.2 Å². The van der Waals surface area contributed by atoms with Crippen LogP contribution < -0.4 is 15.6 Å². The average molecular weight is 470 g/mol. The van der Waals surface area contributed by atoms with Gasteiger partial charge in [0.15, 0.2) is 0 Å². The van der Waals surface area contributed by atoms with Crippen LogP contribution in [0.15, 0.2) is 40.6 Å². The molecule has 9 heteroatoms. The van der Waals surface area contributed by atoms with Gasteiger partial charge in [0, 0.05) is 25.9 Å². The number of anilines is 2. The summed E-state index contributed by atoms with van der Waals surface area (Å²) in [6.45, 7) is 8.79. The number of nitrogens with one attached hydrogen (secondary N) is 2. The Labute approximate surface area is 191 Å². The third-order valence-corrected chi connectivity index (χ3v) is 6.95. The molecule has 1 heterocycles. The predicted molar refractivity (Wildman–Crippen MR) is 131 cm³/mol. The molecule has 0 amide bonds. The Morgan fingerprint density at radius 2 is 1.94 bits per heavy atom. The first kappa shape index (κ1) is 29.4. The number of hydrogen-bond acceptors (Lipinski definition) is 5. The zero-order valence-corrected chi connectivity index (χ0v) is 20.6. The third-order valence-electron chi connectivity index (χ3n) is 4.71. The lowest BCUT2D eigenvalue weighted by Gasteiger charge is -2.19. The van der Waals surface area contributed by atoms with Crippen molar-refractivity contribution in [2.45, 2.75) is 58.6 Å². The maximum Gasteiger partial charge on any atom is 0.252 e. The Balaban J connectivity index is 0.00000177. The number of aryl methyl sites for hydroxylation is 1. The van der Waals surface area contributed by atoms with Gasteiger partial charge in [-0.05, 0) is 46.1 Å². The van der Waals surface area contributed by atoms with E-state index < -0.39 is 20.6 Å². The van der Waals surface area contributed by atoms with Crippen LogP contribution in [-0.4, -0.2) is 36.0 Å². The number of hydrogen-bond donors (Lipinski definition) is 3. The molecule has 0 radical (unpaired) electrons. The molecule has 1 aliphatic carbocycles. The number of aromatic nitrogens is 1. The number of pyridine rings is 1. The molecule has 1 aliphatic rings. The standard InChI is InChI=1S/C18H26FN3O4S.C3H4.C2H6/c1-4-13(2)9-14(19)11-20-15-10-17(24)22(3)12-16(15)21-27(25,26)18(5-6-18)7-8-23;1-3-2;1-2/h4,9-10,12,20-21,23H,5-8,11H2,1-3H3;1H,2H3;1-2H3/b13-4-,14-9+;;. The molecular formula is C23H36FN3O4S. The Bertz CT molecular complexity index is 1000. The number of aliphatic hydroxyl groups is 1. The van der Waals surface area contributed by atoms with Crippen molar-refractivity contribution in [3.8, 4) is 12.3 Å². The van der Waals surface area contributed by atoms with Crippen molar-refractivity contribution in [2.75, 3.05) is 23.2 Å². The highest BCUT2D eigenvalue weighted by molar-refractivity contribution is 7.94. The number of rotatable bonds is 9. The molecule has 0 aromatic carbocycles. The Kier molecular flexibility index (Phi) is 12.7. The first-order valence-electron chi connectivity index (χ1n) is 10.5. The minimum atomic E-state index is -3.76. The second kappa shape index (κ2) is 13.8. The van der Waals surface area contributed by atoms with E-state index in [0.29, 0.717) is 12.8 Å². The molecule has 0 unspecified atom stereocenters. The largest absolute Gasteiger partial charge is 0.396 e. The van der Waals surface area contributed by atoms with Gasteiger partial charge in [0.25, 0.3) is 5.56 Å². The van der Waals surface area contributed by atoms with Crippen molar-refractivity contribution in [2.24, 2.45) is 7.05 Å². The number of halogens is 1. The highest BCUT2D eigenvalue weighted by Gasteiger charge is 2.54. The van der Waals surface area contributed by atoms with Crippen LogP contribution in [0, 0.1) is 12.3 Å². The highest BCUT2D eigenvalue weighted by Crippen LogP contribution is 2.47. The predicted octanol–water partition coefficient (Wildman–Crippen LogP) is 3.94. The van der Waals surface area contributed by atoms with Gasteiger partial charge in [0.2, 0.25) is 10.0 Å². The van der Waals surface area contributed by atoms with Gasteiger partial charge < -0.3 is 15.0 Å². The minimum absolute atomic E-state index is 0.150. The molecule has 7 nitrogen and oxygen atoms in total. The van der Waals surface area contributed by atoms with E-state index in [-0.39, 0.29) is 36.5 Å². The Morgan fingerprint density at radius 1 is 1.38 bits per heavy atom. The summed E-state index contributed by atoms with van der Waals surface area (Å²) in [5.41, 5.74) is 0.755. The molecule has 1 aromatic rings. The first-order valence-corrected chi connectivity index (χ1v) is 12.0. The van der Waals surface area contributed by atoms with Gasteiger partial charge in [-0.15, -0.1) is 12.3 Å². The lowest BCUT2D eigenvalue weighted by atomic mass is 10.2. The molecule has 1 saturated carbocycles. The van der Waals surface area contributed by atoms with E-state index >= 15 is 0 Å². The van der Waals surface area contributed by atoms with Gasteiger partial charge in [-0.1, -0.05) is 25.5 Å². The molecule has 1 fully saturated rings. The fourth-order valence-electron chi connectivity index (χ4n) is 2.67. The van der Waals surface area contributed by atoms with Crippen molar-refractivity contribution >= 4 is 21.4 Å². The molecule has 0 spiro atoms. The van der Waals surface area contributed by atoms with Crippen molar-refractivity contribution in [1.82, 2.24) is 4.57 Å². The Morgan fingerprint density at radius 3 is 2.41 bits per heavy atom. The van der Waals surface area contributed by atoms with Crippen LogP contribution in [-0.2, 0) is 17.1 Å². The van der Waals surface area contributed by atoms with Crippen LogP contribution in [0.3, 0.4) is 0 Å². The van der Waals surface area contributed by atoms with E-state index in [1.165, 1.54) is 30.0 Å². The molecule has 3 N–H and O–H groups in total. The molecule has 1 aromatic heterocycles. The maximum absolute atomic E-state index is 14.0. The monoisotopic (exact) mass is 469 g/mol. The number of allylic oxidation sites excluding steroid dienone is 3. The topological polar surface area (TPSA) is 100 Å². The van der Waals surface area contributed by atoms with Crippen molar-refractivity contribution in [1.29, 1.82) is 0 Å². The van der Waals surface area contributed by atoms with E-state index in [0.717, 1.165) is 5.57 Å². The van der Waals surface area contributed by atoms with Crippen LogP contribution in [0.5, 0.6) is 0 Å². The molecule has 0 bridgehead atoms. The zero-order chi connectivity index (χ0) is 24.9. The number of nitrogens with zero attached hydrogens (tertiary/aromatic N) is 1. The average Bonchev–Trinajstić information content (AvgIpc) is 3.53. The number of aliphatic hydroxyl groups excluding tert-OH is 1. The summed E-state index contributed by atoms with van der Waals surface area (Å²) in [7, 11) is -2.26. The van der Waals surface area contributed by atoms with E-state index in [4.69, 9.17) is 5.11 Å². The first-order chi connectivity index (χ1) is 15.1. The van der Waals surface area contributed by atoms with Gasteiger partial charge in [0.1, 0.15) is 5.83 Å². The lowest BCUT2D eigenvalue weighted by molar-refractivity contribution is 0.283. The summed E-state index contributed by atoms with van der Waals surface area (Å²) in [6.07, 6.45) is 10.2. The smallest absolute Gasteiger partial charge is 0.252 e. The van der Waals surface area contributed by atoms with Gasteiger partial charge in [0.05, 0.1) is 22.7 Å². The fraction of sp³-hybridized carbons (Fsp3) is 0.522. The molecule has 0 saturated heterocycles. The minimum Gasteiger partial charge on any atom is -0.396 e. The summed E-state index contributed by atoms with van der Waals surface area (Å²) in [5.74, 6) is 1.80. The van der Waals surface area contributed by atoms with Crippen LogP contribution in [0.1, 0.15) is 53.9 Å². The zero-order valence-electron chi connectivity index (χ0n) is 19.8. The quantitative estimate of drug-likeness (QED) is 0.376. The molecule has 0 aliphatic heterocycles. The summed E-state index contributed by atoms with van der Waals surface area (Å²) in [5, 5.41) is 11.9. The van der Waals surface area contributed by atoms with Gasteiger partial charge in [-0.3, -0.25) is 9.52 Å². The third kappa shape index (κ3) is 8.52. The van der Waals surface area contributed by atoms with Crippen LogP contribution >= 0.6 is 0 Å². The van der Waals surface area contributed by atoms with Crippen molar-refractivity contribution < 1.29 is 17.9 Å². The maximum atomic E-state index is 14.0. The summed E-state index contributed by atoms with van der Waals surface area (Å²) in [6, 6.07) is 1.22. The molecular weight excluding hydrogens is 433 g/mol. The second-order valence-electron chi connectivity index (χ2n) is 7.08. The van der Waals surface area contributed by atoms with Crippen LogP contribution in [0.2, 0.25) is 0 Å². The van der Waals surface area contributed by atoms with Gasteiger partial charge in [-0.2, -0.15) is 0 Å². The summed E-state index contributed by atoms with van der Waals surface area (Å²) in [4.78, 5) is 11.9. The van der Waals surface area contributed by atoms with Gasteiger partial charge in [-0.25, -0.2) is 12.8 Å². The van der Waals surface area contributed by atoms with Crippen LogP contribution in [0.4, 0.5) is 15.8 Å². The van der Waals surface area contributed by atoms with Crippen LogP contribution in [0.25, 0.3) is 0 Å². The Hall–Kier alpha value is -2.57. The molecule has 180 valence electrons. The normalized spacial score (nSPS) is 14.7. The second-order valence-corrected chi connectivity index (χ2v) is 9.16. The van der Waals surface area contributed by atoms with E-state index in [1.807, 2.05) is 13.8 Å².